The lowest BCUT2D eigenvalue weighted by atomic mass is 10.1. The van der Waals surface area contributed by atoms with Crippen molar-refractivity contribution in [3.8, 4) is 0 Å². The highest BCUT2D eigenvalue weighted by atomic mass is 16.3. The van der Waals surface area contributed by atoms with Crippen molar-refractivity contribution in [1.82, 2.24) is 10.9 Å². The number of ketones is 1. The average molecular weight is 300 g/mol. The Balaban J connectivity index is 0.000000745. The molecule has 0 aliphatic heterocycles. The Morgan fingerprint density at radius 3 is 2.09 bits per heavy atom. The predicted octanol–water partition coefficient (Wildman–Crippen LogP) is 2.25. The van der Waals surface area contributed by atoms with E-state index in [0.29, 0.717) is 13.0 Å². The molecular formula is C17H20N2O3. The number of carboxylic acid groups (broad SMARTS) is 1. The van der Waals surface area contributed by atoms with Gasteiger partial charge in [0.2, 0.25) is 0 Å². The lowest BCUT2D eigenvalue weighted by Crippen LogP contribution is -2.32. The molecule has 0 unspecified atom stereocenters. The van der Waals surface area contributed by atoms with Gasteiger partial charge in [-0.1, -0.05) is 60.7 Å². The molecule has 0 aliphatic rings. The fourth-order valence-electron chi connectivity index (χ4n) is 1.79. The molecule has 2 aromatic rings. The van der Waals surface area contributed by atoms with Crippen LogP contribution in [0.5, 0.6) is 0 Å². The highest BCUT2D eigenvalue weighted by molar-refractivity contribution is 5.96. The van der Waals surface area contributed by atoms with Gasteiger partial charge in [-0.3, -0.25) is 20.4 Å². The van der Waals surface area contributed by atoms with E-state index in [1.54, 1.807) is 0 Å². The van der Waals surface area contributed by atoms with Gasteiger partial charge in [-0.25, -0.2) is 0 Å². The summed E-state index contributed by atoms with van der Waals surface area (Å²) in [4.78, 5) is 20.2. The molecule has 22 heavy (non-hydrogen) atoms. The van der Waals surface area contributed by atoms with Gasteiger partial charge < -0.3 is 5.11 Å². The van der Waals surface area contributed by atoms with E-state index in [9.17, 15) is 4.79 Å². The molecule has 2 rings (SSSR count). The first kappa shape index (κ1) is 17.6. The van der Waals surface area contributed by atoms with Gasteiger partial charge in [0.25, 0.3) is 6.47 Å². The molecule has 0 spiro atoms. The van der Waals surface area contributed by atoms with Crippen molar-refractivity contribution in [2.75, 3.05) is 6.54 Å². The number of carbonyl (C=O) groups is 2. The van der Waals surface area contributed by atoms with Crippen molar-refractivity contribution in [3.05, 3.63) is 71.8 Å². The van der Waals surface area contributed by atoms with Gasteiger partial charge >= 0.3 is 0 Å². The molecule has 0 amide bonds. The summed E-state index contributed by atoms with van der Waals surface area (Å²) in [7, 11) is 0. The molecule has 0 aliphatic carbocycles. The average Bonchev–Trinajstić information content (AvgIpc) is 2.57. The van der Waals surface area contributed by atoms with E-state index in [4.69, 9.17) is 9.90 Å². The molecule has 5 heteroatoms. The molecular weight excluding hydrogens is 280 g/mol. The summed E-state index contributed by atoms with van der Waals surface area (Å²) in [6.07, 6.45) is 0.492. The number of carbonyl (C=O) groups excluding carboxylic acids is 1. The van der Waals surface area contributed by atoms with Crippen LogP contribution in [-0.4, -0.2) is 23.9 Å². The number of hydrogen-bond donors (Lipinski definition) is 3. The van der Waals surface area contributed by atoms with Gasteiger partial charge in [0.15, 0.2) is 5.78 Å². The van der Waals surface area contributed by atoms with Crippen LogP contribution in [0.4, 0.5) is 0 Å². The summed E-state index contributed by atoms with van der Waals surface area (Å²) >= 11 is 0. The van der Waals surface area contributed by atoms with Crippen LogP contribution >= 0.6 is 0 Å². The summed E-state index contributed by atoms with van der Waals surface area (Å²) < 4.78 is 0. The highest BCUT2D eigenvalue weighted by Gasteiger charge is 2.03. The van der Waals surface area contributed by atoms with E-state index in [1.165, 1.54) is 5.56 Å². The summed E-state index contributed by atoms with van der Waals surface area (Å²) in [6.45, 7) is 1.13. The third-order valence-corrected chi connectivity index (χ3v) is 2.83. The predicted molar refractivity (Wildman–Crippen MR) is 85.4 cm³/mol. The molecule has 5 nitrogen and oxygen atoms in total. The maximum atomic E-state index is 11.8. The van der Waals surface area contributed by atoms with Gasteiger partial charge in [-0.15, -0.1) is 0 Å². The summed E-state index contributed by atoms with van der Waals surface area (Å²) in [5.41, 5.74) is 8.15. The van der Waals surface area contributed by atoms with Crippen molar-refractivity contribution >= 4 is 12.3 Å². The lowest BCUT2D eigenvalue weighted by Gasteiger charge is -2.06. The first-order valence-electron chi connectivity index (χ1n) is 6.93. The van der Waals surface area contributed by atoms with Gasteiger partial charge in [0.05, 0.1) is 0 Å². The fourth-order valence-corrected chi connectivity index (χ4v) is 1.79. The van der Waals surface area contributed by atoms with Gasteiger partial charge in [-0.05, 0) is 5.56 Å². The molecule has 0 bridgehead atoms. The first-order chi connectivity index (χ1) is 10.8. The minimum Gasteiger partial charge on any atom is -0.483 e. The fraction of sp³-hybridized carbons (Fsp3) is 0.176. The highest BCUT2D eigenvalue weighted by Crippen LogP contribution is 2.02. The van der Waals surface area contributed by atoms with Crippen LogP contribution in [0.2, 0.25) is 0 Å². The Morgan fingerprint density at radius 1 is 0.955 bits per heavy atom. The summed E-state index contributed by atoms with van der Waals surface area (Å²) in [5, 5.41) is 6.89. The molecule has 0 atom stereocenters. The maximum absolute atomic E-state index is 11.8. The zero-order valence-electron chi connectivity index (χ0n) is 12.2. The largest absolute Gasteiger partial charge is 0.483 e. The van der Waals surface area contributed by atoms with E-state index >= 15 is 0 Å². The second-order valence-corrected chi connectivity index (χ2v) is 4.41. The van der Waals surface area contributed by atoms with Crippen LogP contribution in [0.3, 0.4) is 0 Å². The number of hydrogen-bond acceptors (Lipinski definition) is 4. The summed E-state index contributed by atoms with van der Waals surface area (Å²) in [6, 6.07) is 19.5. The Bertz CT molecular complexity index is 544. The van der Waals surface area contributed by atoms with Crippen molar-refractivity contribution in [2.45, 2.75) is 13.0 Å². The molecule has 0 aromatic heterocycles. The third kappa shape index (κ3) is 7.33. The van der Waals surface area contributed by atoms with E-state index in [1.807, 2.05) is 48.5 Å². The van der Waals surface area contributed by atoms with Crippen molar-refractivity contribution in [3.63, 3.8) is 0 Å². The van der Waals surface area contributed by atoms with Gasteiger partial charge in [0.1, 0.15) is 0 Å². The number of hydrazine groups is 1. The van der Waals surface area contributed by atoms with Crippen molar-refractivity contribution in [2.24, 2.45) is 0 Å². The Labute approximate surface area is 130 Å². The lowest BCUT2D eigenvalue weighted by molar-refractivity contribution is -0.122. The number of Topliss-reactive ketones (excluding diaryl/α,β-unsaturated/α-hetero) is 1. The zero-order chi connectivity index (χ0) is 16.0. The molecule has 3 N–H and O–H groups in total. The molecule has 0 saturated carbocycles. The maximum Gasteiger partial charge on any atom is 0.290 e. The number of nitrogens with one attached hydrogen (secondary N) is 2. The molecule has 2 aromatic carbocycles. The van der Waals surface area contributed by atoms with Crippen molar-refractivity contribution in [1.29, 1.82) is 0 Å². The first-order valence-corrected chi connectivity index (χ1v) is 6.93. The van der Waals surface area contributed by atoms with Crippen LogP contribution in [0.25, 0.3) is 0 Å². The normalized spacial score (nSPS) is 9.45. The smallest absolute Gasteiger partial charge is 0.290 e. The summed E-state index contributed by atoms with van der Waals surface area (Å²) in [5.74, 6) is 0.162. The monoisotopic (exact) mass is 300 g/mol. The van der Waals surface area contributed by atoms with Crippen LogP contribution in [0, 0.1) is 0 Å². The van der Waals surface area contributed by atoms with Crippen LogP contribution in [0.1, 0.15) is 22.3 Å². The van der Waals surface area contributed by atoms with E-state index < -0.39 is 0 Å². The molecule has 0 saturated heterocycles. The third-order valence-electron chi connectivity index (χ3n) is 2.83. The number of rotatable bonds is 7. The Morgan fingerprint density at radius 2 is 1.50 bits per heavy atom. The van der Waals surface area contributed by atoms with E-state index in [2.05, 4.69) is 23.0 Å². The van der Waals surface area contributed by atoms with E-state index in [0.717, 1.165) is 12.1 Å². The molecule has 0 radical (unpaired) electrons. The Hall–Kier alpha value is -2.50. The quantitative estimate of drug-likeness (QED) is 0.316. The minimum absolute atomic E-state index is 0.162. The molecule has 0 heterocycles. The second-order valence-electron chi connectivity index (χ2n) is 4.41. The Kier molecular flexibility index (Phi) is 8.93. The van der Waals surface area contributed by atoms with Crippen LogP contribution < -0.4 is 10.9 Å². The number of benzene rings is 2. The van der Waals surface area contributed by atoms with Crippen LogP contribution in [-0.2, 0) is 11.3 Å². The minimum atomic E-state index is -0.250. The topological polar surface area (TPSA) is 78.4 Å². The molecule has 116 valence electrons. The standard InChI is InChI=1S/C16H18N2O.CH2O2/c19-16(15-9-5-2-6-10-15)11-12-17-18-13-14-7-3-1-4-8-14;2-1-3/h1-10,17-18H,11-13H2;1H,(H,2,3). The SMILES string of the molecule is O=C(CCNNCc1ccccc1)c1ccccc1.O=CO. The van der Waals surface area contributed by atoms with Crippen LogP contribution in [0.15, 0.2) is 60.7 Å². The van der Waals surface area contributed by atoms with E-state index in [-0.39, 0.29) is 12.3 Å². The van der Waals surface area contributed by atoms with Gasteiger partial charge in [-0.2, -0.15) is 0 Å². The van der Waals surface area contributed by atoms with Gasteiger partial charge in [0, 0.05) is 25.1 Å². The second kappa shape index (κ2) is 11.2. The molecule has 0 fully saturated rings. The van der Waals surface area contributed by atoms with Crippen molar-refractivity contribution < 1.29 is 14.7 Å². The zero-order valence-corrected chi connectivity index (χ0v) is 12.2.